The number of fused-ring (bicyclic) bond motifs is 1. The van der Waals surface area contributed by atoms with Gasteiger partial charge in [-0.15, -0.1) is 0 Å². The van der Waals surface area contributed by atoms with Crippen molar-refractivity contribution in [3.05, 3.63) is 94.4 Å². The van der Waals surface area contributed by atoms with Crippen molar-refractivity contribution in [3.63, 3.8) is 0 Å². The van der Waals surface area contributed by atoms with Gasteiger partial charge in [0, 0.05) is 24.0 Å². The van der Waals surface area contributed by atoms with Crippen LogP contribution in [0.15, 0.2) is 54.7 Å². The second-order valence-electron chi connectivity index (χ2n) is 8.34. The lowest BCUT2D eigenvalue weighted by Gasteiger charge is -2.33. The van der Waals surface area contributed by atoms with Gasteiger partial charge >= 0.3 is 0 Å². The average Bonchev–Trinajstić information content (AvgIpc) is 3.26. The molecule has 0 bridgehead atoms. The fourth-order valence-electron chi connectivity index (χ4n) is 4.28. The van der Waals surface area contributed by atoms with Gasteiger partial charge in [-0.2, -0.15) is 5.10 Å². The highest BCUT2D eigenvalue weighted by atomic mass is 19.1. The van der Waals surface area contributed by atoms with Crippen molar-refractivity contribution < 1.29 is 13.9 Å². The van der Waals surface area contributed by atoms with E-state index in [0.29, 0.717) is 37.5 Å². The number of carbonyl (C=O) groups is 1. The van der Waals surface area contributed by atoms with Gasteiger partial charge in [-0.3, -0.25) is 9.78 Å². The second kappa shape index (κ2) is 8.71. The minimum atomic E-state index is -0.343. The maximum Gasteiger partial charge on any atom is 0.272 e. The third kappa shape index (κ3) is 4.47. The monoisotopic (exact) mass is 445 g/mol. The summed E-state index contributed by atoms with van der Waals surface area (Å²) < 4.78 is 21.2. The smallest absolute Gasteiger partial charge is 0.272 e. The van der Waals surface area contributed by atoms with Crippen molar-refractivity contribution >= 4 is 11.6 Å². The summed E-state index contributed by atoms with van der Waals surface area (Å²) >= 11 is 0. The molecule has 1 atom stereocenters. The van der Waals surface area contributed by atoms with Crippen LogP contribution in [-0.2, 0) is 11.2 Å². The molecular weight excluding hydrogens is 421 g/mol. The van der Waals surface area contributed by atoms with Gasteiger partial charge in [0.1, 0.15) is 17.6 Å². The minimum absolute atomic E-state index is 0.116. The van der Waals surface area contributed by atoms with Crippen LogP contribution in [0.25, 0.3) is 5.65 Å². The summed E-state index contributed by atoms with van der Waals surface area (Å²) in [5, 5.41) is 4.26. The molecule has 4 heterocycles. The molecule has 33 heavy (non-hydrogen) atoms. The van der Waals surface area contributed by atoms with Crippen molar-refractivity contribution in [2.45, 2.75) is 26.4 Å². The van der Waals surface area contributed by atoms with Gasteiger partial charge in [-0.1, -0.05) is 12.1 Å². The number of morpholine rings is 1. The summed E-state index contributed by atoms with van der Waals surface area (Å²) in [4.78, 5) is 24.2. The molecule has 168 valence electrons. The van der Waals surface area contributed by atoms with E-state index in [1.54, 1.807) is 39.9 Å². The molecule has 0 saturated carbocycles. The number of rotatable bonds is 4. The first-order valence-electron chi connectivity index (χ1n) is 10.9. The molecule has 1 saturated heterocycles. The molecular formula is C25H24FN5O2. The van der Waals surface area contributed by atoms with E-state index < -0.39 is 0 Å². The van der Waals surface area contributed by atoms with Gasteiger partial charge in [-0.25, -0.2) is 13.9 Å². The number of ether oxygens (including phenoxy) is 1. The molecule has 1 fully saturated rings. The normalized spacial score (nSPS) is 16.3. The van der Waals surface area contributed by atoms with Gasteiger partial charge in [-0.05, 0) is 61.7 Å². The van der Waals surface area contributed by atoms with Crippen LogP contribution in [0.1, 0.15) is 44.8 Å². The van der Waals surface area contributed by atoms with Gasteiger partial charge in [0.25, 0.3) is 5.91 Å². The molecule has 5 rings (SSSR count). The van der Waals surface area contributed by atoms with Crippen LogP contribution < -0.4 is 0 Å². The summed E-state index contributed by atoms with van der Waals surface area (Å²) in [6.45, 7) is 5.08. The van der Waals surface area contributed by atoms with Gasteiger partial charge in [0.05, 0.1) is 25.0 Å². The number of hydrogen-bond donors (Lipinski definition) is 0. The largest absolute Gasteiger partial charge is 0.368 e. The molecule has 1 aliphatic rings. The molecule has 3 aromatic heterocycles. The van der Waals surface area contributed by atoms with E-state index in [1.807, 2.05) is 32.0 Å². The lowest BCUT2D eigenvalue weighted by molar-refractivity contribution is -0.0250. The summed E-state index contributed by atoms with van der Waals surface area (Å²) in [7, 11) is 0. The number of aryl methyl sites for hydroxylation is 2. The zero-order chi connectivity index (χ0) is 22.9. The highest BCUT2D eigenvalue weighted by Gasteiger charge is 2.29. The fraction of sp³-hybridized carbons (Fsp3) is 0.280. The van der Waals surface area contributed by atoms with E-state index in [9.17, 15) is 9.18 Å². The molecule has 8 heteroatoms. The molecule has 0 spiro atoms. The summed E-state index contributed by atoms with van der Waals surface area (Å²) in [6.07, 6.45) is 1.89. The Hall–Kier alpha value is -3.65. The van der Waals surface area contributed by atoms with Gasteiger partial charge in [0.2, 0.25) is 0 Å². The number of hydrogen-bond acceptors (Lipinski definition) is 5. The molecule has 0 N–H and O–H groups in total. The Balaban J connectivity index is 1.39. The maximum atomic E-state index is 13.6. The molecule has 1 amide bonds. The Morgan fingerprint density at radius 2 is 1.94 bits per heavy atom. The molecule has 0 unspecified atom stereocenters. The van der Waals surface area contributed by atoms with Gasteiger partial charge < -0.3 is 9.64 Å². The Labute approximate surface area is 190 Å². The van der Waals surface area contributed by atoms with Crippen LogP contribution in [0.3, 0.4) is 0 Å². The van der Waals surface area contributed by atoms with Crippen LogP contribution in [0.5, 0.6) is 0 Å². The molecule has 1 aromatic carbocycles. The Kier molecular flexibility index (Phi) is 5.60. The zero-order valence-electron chi connectivity index (χ0n) is 18.5. The third-order valence-corrected chi connectivity index (χ3v) is 5.72. The number of halogens is 1. The lowest BCUT2D eigenvalue weighted by Crippen LogP contribution is -2.43. The number of pyridine rings is 1. The first-order chi connectivity index (χ1) is 16.0. The standard InChI is InChI=1S/C25H24FN5O2/c1-16-10-19(12-18-4-3-5-20(26)13-18)14-21(28-16)23-15-30(8-9-33-23)25(32)22-11-17(2)29-24-6-7-27-31(22)24/h3-7,10-11,13-14,23H,8-9,12,15H2,1-2H3/t23-/m1/s1. The third-order valence-electron chi connectivity index (χ3n) is 5.72. The number of benzene rings is 1. The Morgan fingerprint density at radius 1 is 1.09 bits per heavy atom. The van der Waals surface area contributed by atoms with Crippen LogP contribution in [0, 0.1) is 19.7 Å². The number of nitrogens with zero attached hydrogens (tertiary/aromatic N) is 5. The first kappa shape index (κ1) is 21.2. The maximum absolute atomic E-state index is 13.6. The van der Waals surface area contributed by atoms with Crippen LogP contribution in [0.2, 0.25) is 0 Å². The van der Waals surface area contributed by atoms with Crippen LogP contribution in [0.4, 0.5) is 4.39 Å². The van der Waals surface area contributed by atoms with E-state index in [-0.39, 0.29) is 17.8 Å². The lowest BCUT2D eigenvalue weighted by atomic mass is 10.0. The summed E-state index contributed by atoms with van der Waals surface area (Å²) in [6, 6.07) is 14.1. The van der Waals surface area contributed by atoms with E-state index in [2.05, 4.69) is 15.1 Å². The average molecular weight is 445 g/mol. The van der Waals surface area contributed by atoms with Crippen molar-refractivity contribution in [1.29, 1.82) is 0 Å². The summed E-state index contributed by atoms with van der Waals surface area (Å²) in [5.41, 5.74) is 5.43. The zero-order valence-corrected chi connectivity index (χ0v) is 18.5. The van der Waals surface area contributed by atoms with Crippen molar-refractivity contribution in [2.75, 3.05) is 19.7 Å². The highest BCUT2D eigenvalue weighted by molar-refractivity contribution is 5.93. The topological polar surface area (TPSA) is 72.6 Å². The molecule has 0 aliphatic carbocycles. The van der Waals surface area contributed by atoms with Gasteiger partial charge in [0.15, 0.2) is 5.65 Å². The van der Waals surface area contributed by atoms with E-state index >= 15 is 0 Å². The van der Waals surface area contributed by atoms with E-state index in [0.717, 1.165) is 28.2 Å². The quantitative estimate of drug-likeness (QED) is 0.479. The van der Waals surface area contributed by atoms with Crippen LogP contribution >= 0.6 is 0 Å². The number of carbonyl (C=O) groups excluding carboxylic acids is 1. The predicted octanol–water partition coefficient (Wildman–Crippen LogP) is 3.68. The fourth-order valence-corrected chi connectivity index (χ4v) is 4.28. The van der Waals surface area contributed by atoms with Crippen molar-refractivity contribution in [1.82, 2.24) is 24.5 Å². The van der Waals surface area contributed by atoms with E-state index in [4.69, 9.17) is 4.74 Å². The van der Waals surface area contributed by atoms with Crippen molar-refractivity contribution in [2.24, 2.45) is 0 Å². The molecule has 4 aromatic rings. The SMILES string of the molecule is Cc1cc(Cc2cccc(F)c2)cc([C@H]2CN(C(=O)c3cc(C)nc4ccnn34)CCO2)n1. The summed E-state index contributed by atoms with van der Waals surface area (Å²) in [5.74, 6) is -0.365. The molecule has 7 nitrogen and oxygen atoms in total. The molecule has 1 aliphatic heterocycles. The predicted molar refractivity (Wildman–Crippen MR) is 121 cm³/mol. The van der Waals surface area contributed by atoms with Crippen LogP contribution in [-0.4, -0.2) is 50.1 Å². The second-order valence-corrected chi connectivity index (χ2v) is 8.34. The van der Waals surface area contributed by atoms with Crippen molar-refractivity contribution in [3.8, 4) is 0 Å². The minimum Gasteiger partial charge on any atom is -0.368 e. The number of aromatic nitrogens is 4. The Morgan fingerprint density at radius 3 is 2.79 bits per heavy atom. The molecule has 0 radical (unpaired) electrons. The Bertz CT molecular complexity index is 1340. The van der Waals surface area contributed by atoms with E-state index in [1.165, 1.54) is 6.07 Å². The number of amides is 1. The first-order valence-corrected chi connectivity index (χ1v) is 10.9. The highest BCUT2D eigenvalue weighted by Crippen LogP contribution is 2.24.